The molecular weight excluding hydrogens is 248 g/mol. The summed E-state index contributed by atoms with van der Waals surface area (Å²) in [5.74, 6) is -0.377. The average molecular weight is 270 g/mol. The Morgan fingerprint density at radius 3 is 2.74 bits per heavy atom. The Kier molecular flexibility index (Phi) is 3.75. The van der Waals surface area contributed by atoms with Crippen molar-refractivity contribution >= 4 is 5.91 Å². The fraction of sp³-hybridized carbons (Fsp3) is 0.923. The summed E-state index contributed by atoms with van der Waals surface area (Å²) in [4.78, 5) is 14.1. The van der Waals surface area contributed by atoms with Gasteiger partial charge in [-0.05, 0) is 12.8 Å². The normalized spacial score (nSPS) is 34.1. The highest BCUT2D eigenvalue weighted by molar-refractivity contribution is 5.81. The summed E-state index contributed by atoms with van der Waals surface area (Å²) in [6.07, 6.45) is 3.06. The zero-order chi connectivity index (χ0) is 13.3. The predicted molar refractivity (Wildman–Crippen MR) is 67.4 cm³/mol. The summed E-state index contributed by atoms with van der Waals surface area (Å²) in [5, 5.41) is 0. The van der Waals surface area contributed by atoms with E-state index >= 15 is 0 Å². The minimum Gasteiger partial charge on any atom is -0.368 e. The molecule has 6 heteroatoms. The van der Waals surface area contributed by atoms with Crippen molar-refractivity contribution < 1.29 is 19.0 Å². The Balaban J connectivity index is 1.53. The predicted octanol–water partition coefficient (Wildman–Crippen LogP) is -0.142. The Hall–Kier alpha value is -0.690. The van der Waals surface area contributed by atoms with Crippen LogP contribution >= 0.6 is 0 Å². The molecule has 3 aliphatic heterocycles. The van der Waals surface area contributed by atoms with Gasteiger partial charge in [0, 0.05) is 39.1 Å². The van der Waals surface area contributed by atoms with E-state index in [1.807, 2.05) is 4.90 Å². The van der Waals surface area contributed by atoms with Crippen molar-refractivity contribution in [3.63, 3.8) is 0 Å². The average Bonchev–Trinajstić information content (AvgIpc) is 3.09. The smallest absolute Gasteiger partial charge is 0.251 e. The molecule has 2 N–H and O–H groups in total. The fourth-order valence-corrected chi connectivity index (χ4v) is 3.04. The van der Waals surface area contributed by atoms with E-state index in [4.69, 9.17) is 19.9 Å². The molecule has 0 aromatic carbocycles. The number of amides is 1. The molecule has 1 spiro atoms. The molecule has 3 heterocycles. The maximum Gasteiger partial charge on any atom is 0.251 e. The Morgan fingerprint density at radius 1 is 1.37 bits per heavy atom. The molecule has 0 bridgehead atoms. The van der Waals surface area contributed by atoms with Gasteiger partial charge in [-0.15, -0.1) is 0 Å². The minimum absolute atomic E-state index is 0.000386. The van der Waals surface area contributed by atoms with Gasteiger partial charge >= 0.3 is 0 Å². The number of nitrogens with two attached hydrogens (primary N) is 1. The van der Waals surface area contributed by atoms with Crippen molar-refractivity contribution in [1.82, 2.24) is 4.90 Å². The first-order valence-corrected chi connectivity index (χ1v) is 7.15. The van der Waals surface area contributed by atoms with E-state index in [1.165, 1.54) is 0 Å². The Bertz CT molecular complexity index is 336. The lowest BCUT2D eigenvalue weighted by molar-refractivity contribution is -0.196. The van der Waals surface area contributed by atoms with Gasteiger partial charge < -0.3 is 24.8 Å². The summed E-state index contributed by atoms with van der Waals surface area (Å²) in [6.45, 7) is 3.11. The van der Waals surface area contributed by atoms with Crippen LogP contribution in [-0.2, 0) is 19.0 Å². The van der Waals surface area contributed by atoms with Crippen molar-refractivity contribution in [2.75, 3.05) is 32.8 Å². The molecule has 0 aromatic rings. The van der Waals surface area contributed by atoms with Gasteiger partial charge in [0.15, 0.2) is 5.79 Å². The van der Waals surface area contributed by atoms with E-state index < -0.39 is 5.79 Å². The van der Waals surface area contributed by atoms with Gasteiger partial charge in [-0.2, -0.15) is 0 Å². The van der Waals surface area contributed by atoms with Crippen LogP contribution in [0.3, 0.4) is 0 Å². The lowest BCUT2D eigenvalue weighted by atomic mass is 10.0. The van der Waals surface area contributed by atoms with E-state index in [0.29, 0.717) is 32.8 Å². The number of carbonyl (C=O) groups excluding carboxylic acids is 1. The monoisotopic (exact) mass is 270 g/mol. The zero-order valence-corrected chi connectivity index (χ0v) is 11.2. The van der Waals surface area contributed by atoms with E-state index in [0.717, 1.165) is 25.7 Å². The summed E-state index contributed by atoms with van der Waals surface area (Å²) in [5.41, 5.74) is 5.60. The number of hydrogen-bond acceptors (Lipinski definition) is 5. The topological polar surface area (TPSA) is 74.0 Å². The number of hydrogen-bond donors (Lipinski definition) is 1. The van der Waals surface area contributed by atoms with Gasteiger partial charge in [-0.25, -0.2) is 0 Å². The second-order valence-corrected chi connectivity index (χ2v) is 5.52. The second kappa shape index (κ2) is 5.36. The van der Waals surface area contributed by atoms with Crippen molar-refractivity contribution in [1.29, 1.82) is 0 Å². The van der Waals surface area contributed by atoms with Gasteiger partial charge in [-0.3, -0.25) is 4.79 Å². The van der Waals surface area contributed by atoms with Crippen molar-refractivity contribution in [2.24, 2.45) is 5.73 Å². The van der Waals surface area contributed by atoms with Crippen LogP contribution in [-0.4, -0.2) is 61.7 Å². The van der Waals surface area contributed by atoms with Crippen LogP contribution in [0.2, 0.25) is 0 Å². The molecule has 2 unspecified atom stereocenters. The first-order chi connectivity index (χ1) is 9.22. The Morgan fingerprint density at radius 2 is 2.16 bits per heavy atom. The van der Waals surface area contributed by atoms with Crippen molar-refractivity contribution in [3.05, 3.63) is 0 Å². The highest BCUT2D eigenvalue weighted by Gasteiger charge is 2.45. The number of nitrogens with zero attached hydrogens (tertiary/aromatic N) is 1. The molecule has 6 nitrogen and oxygen atoms in total. The standard InChI is InChI=1S/C13H22N2O4/c14-8-10-9-18-13(19-10)3-5-15(6-4-13)12(16)11-2-1-7-17-11/h10-11H,1-9,14H2. The molecule has 3 saturated heterocycles. The molecule has 19 heavy (non-hydrogen) atoms. The second-order valence-electron chi connectivity index (χ2n) is 5.52. The highest BCUT2D eigenvalue weighted by atomic mass is 16.7. The largest absolute Gasteiger partial charge is 0.368 e. The van der Waals surface area contributed by atoms with Crippen LogP contribution in [0.15, 0.2) is 0 Å². The SMILES string of the molecule is NCC1COC2(CCN(C(=O)C3CCCO3)CC2)O1. The summed E-state index contributed by atoms with van der Waals surface area (Å²) in [6, 6.07) is 0. The third-order valence-electron chi connectivity index (χ3n) is 4.22. The van der Waals surface area contributed by atoms with Gasteiger partial charge in [0.2, 0.25) is 0 Å². The van der Waals surface area contributed by atoms with Crippen molar-refractivity contribution in [2.45, 2.75) is 43.7 Å². The number of ether oxygens (including phenoxy) is 3. The first kappa shape index (κ1) is 13.3. The van der Waals surface area contributed by atoms with Crippen LogP contribution in [0.4, 0.5) is 0 Å². The van der Waals surface area contributed by atoms with Gasteiger partial charge in [0.1, 0.15) is 6.10 Å². The van der Waals surface area contributed by atoms with Crippen LogP contribution in [0.1, 0.15) is 25.7 Å². The molecule has 3 fully saturated rings. The molecule has 2 atom stereocenters. The lowest BCUT2D eigenvalue weighted by Gasteiger charge is -2.38. The highest BCUT2D eigenvalue weighted by Crippen LogP contribution is 2.34. The molecule has 0 aliphatic carbocycles. The van der Waals surface area contributed by atoms with E-state index in [2.05, 4.69) is 0 Å². The molecule has 3 aliphatic rings. The zero-order valence-electron chi connectivity index (χ0n) is 11.2. The molecule has 0 aromatic heterocycles. The molecule has 3 rings (SSSR count). The number of piperidine rings is 1. The molecule has 1 amide bonds. The number of likely N-dealkylation sites (tertiary alicyclic amines) is 1. The molecule has 0 saturated carbocycles. The molecular formula is C13H22N2O4. The minimum atomic E-state index is -0.503. The van der Waals surface area contributed by atoms with Crippen LogP contribution in [0.25, 0.3) is 0 Å². The van der Waals surface area contributed by atoms with E-state index in [1.54, 1.807) is 0 Å². The fourth-order valence-electron chi connectivity index (χ4n) is 3.04. The lowest BCUT2D eigenvalue weighted by Crippen LogP contribution is -2.50. The first-order valence-electron chi connectivity index (χ1n) is 7.15. The number of rotatable bonds is 2. The molecule has 108 valence electrons. The third-order valence-corrected chi connectivity index (χ3v) is 4.22. The number of carbonyl (C=O) groups is 1. The molecule has 0 radical (unpaired) electrons. The maximum atomic E-state index is 12.2. The van der Waals surface area contributed by atoms with Crippen molar-refractivity contribution in [3.8, 4) is 0 Å². The maximum absolute atomic E-state index is 12.2. The van der Waals surface area contributed by atoms with Crippen LogP contribution in [0, 0.1) is 0 Å². The Labute approximate surface area is 113 Å². The van der Waals surface area contributed by atoms with Crippen LogP contribution < -0.4 is 5.73 Å². The van der Waals surface area contributed by atoms with Gasteiger partial charge in [-0.1, -0.05) is 0 Å². The quantitative estimate of drug-likeness (QED) is 0.756. The van der Waals surface area contributed by atoms with E-state index in [-0.39, 0.29) is 18.1 Å². The summed E-state index contributed by atoms with van der Waals surface area (Å²) < 4.78 is 17.1. The third kappa shape index (κ3) is 2.63. The summed E-state index contributed by atoms with van der Waals surface area (Å²) >= 11 is 0. The van der Waals surface area contributed by atoms with Gasteiger partial charge in [0.25, 0.3) is 5.91 Å². The van der Waals surface area contributed by atoms with Gasteiger partial charge in [0.05, 0.1) is 12.7 Å². The van der Waals surface area contributed by atoms with E-state index in [9.17, 15) is 4.79 Å². The van der Waals surface area contributed by atoms with Crippen LogP contribution in [0.5, 0.6) is 0 Å². The summed E-state index contributed by atoms with van der Waals surface area (Å²) in [7, 11) is 0.